The normalized spacial score (nSPS) is 20.4. The standard InChI is InChI=1S/C16H24N2O2S/c1-13(18-12-14-6-4-3-5-7-14)15-8-10-16(11-9-15)21(19,20)17-2/h3-4,8-11,13-14,17-18H,5-7,12H2,1-2H3. The molecule has 4 nitrogen and oxygen atoms in total. The third-order valence-corrected chi connectivity index (χ3v) is 5.48. The van der Waals surface area contributed by atoms with Crippen LogP contribution in [0, 0.1) is 5.92 Å². The van der Waals surface area contributed by atoms with E-state index in [1.54, 1.807) is 12.1 Å². The number of allylic oxidation sites excluding steroid dienone is 2. The Labute approximate surface area is 127 Å². The molecule has 2 rings (SSSR count). The van der Waals surface area contributed by atoms with Gasteiger partial charge in [0, 0.05) is 6.04 Å². The number of benzene rings is 1. The van der Waals surface area contributed by atoms with Crippen LogP contribution < -0.4 is 10.0 Å². The Balaban J connectivity index is 1.93. The van der Waals surface area contributed by atoms with Crippen LogP contribution >= 0.6 is 0 Å². The molecule has 0 fully saturated rings. The minimum atomic E-state index is -3.35. The first-order valence-electron chi connectivity index (χ1n) is 7.45. The quantitative estimate of drug-likeness (QED) is 0.794. The van der Waals surface area contributed by atoms with Gasteiger partial charge in [0.1, 0.15) is 0 Å². The molecule has 1 aromatic rings. The number of hydrogen-bond donors (Lipinski definition) is 2. The summed E-state index contributed by atoms with van der Waals surface area (Å²) in [5.41, 5.74) is 1.11. The van der Waals surface area contributed by atoms with Gasteiger partial charge in [0.05, 0.1) is 4.90 Å². The van der Waals surface area contributed by atoms with E-state index in [2.05, 4.69) is 29.1 Å². The highest BCUT2D eigenvalue weighted by Gasteiger charge is 2.14. The topological polar surface area (TPSA) is 58.2 Å². The summed E-state index contributed by atoms with van der Waals surface area (Å²) >= 11 is 0. The first kappa shape index (κ1) is 16.2. The molecule has 1 aliphatic rings. The van der Waals surface area contributed by atoms with E-state index in [-0.39, 0.29) is 6.04 Å². The van der Waals surface area contributed by atoms with Gasteiger partial charge in [0.2, 0.25) is 10.0 Å². The lowest BCUT2D eigenvalue weighted by atomic mass is 9.94. The lowest BCUT2D eigenvalue weighted by molar-refractivity contribution is 0.415. The van der Waals surface area contributed by atoms with Crippen LogP contribution in [-0.2, 0) is 10.0 Å². The zero-order valence-electron chi connectivity index (χ0n) is 12.7. The molecule has 5 heteroatoms. The van der Waals surface area contributed by atoms with Crippen LogP contribution in [0.25, 0.3) is 0 Å². The van der Waals surface area contributed by atoms with Crippen molar-refractivity contribution in [2.75, 3.05) is 13.6 Å². The van der Waals surface area contributed by atoms with Crippen LogP contribution in [0.3, 0.4) is 0 Å². The van der Waals surface area contributed by atoms with Crippen LogP contribution in [-0.4, -0.2) is 22.0 Å². The monoisotopic (exact) mass is 308 g/mol. The van der Waals surface area contributed by atoms with E-state index in [0.29, 0.717) is 10.8 Å². The molecule has 0 heterocycles. The van der Waals surface area contributed by atoms with Crippen LogP contribution in [0.5, 0.6) is 0 Å². The van der Waals surface area contributed by atoms with E-state index in [9.17, 15) is 8.42 Å². The number of hydrogen-bond acceptors (Lipinski definition) is 3. The van der Waals surface area contributed by atoms with Gasteiger partial charge in [0.25, 0.3) is 0 Å². The molecule has 0 saturated carbocycles. The smallest absolute Gasteiger partial charge is 0.240 e. The van der Waals surface area contributed by atoms with E-state index in [0.717, 1.165) is 18.5 Å². The molecule has 116 valence electrons. The first-order chi connectivity index (χ1) is 10.0. The van der Waals surface area contributed by atoms with Crippen molar-refractivity contribution >= 4 is 10.0 Å². The number of rotatable bonds is 6. The fourth-order valence-electron chi connectivity index (χ4n) is 2.56. The third-order valence-electron chi connectivity index (χ3n) is 4.05. The highest BCUT2D eigenvalue weighted by molar-refractivity contribution is 7.89. The van der Waals surface area contributed by atoms with Gasteiger partial charge in [0.15, 0.2) is 0 Å². The van der Waals surface area contributed by atoms with Gasteiger partial charge in [-0.25, -0.2) is 13.1 Å². The van der Waals surface area contributed by atoms with Gasteiger partial charge in [-0.2, -0.15) is 0 Å². The van der Waals surface area contributed by atoms with E-state index < -0.39 is 10.0 Å². The maximum absolute atomic E-state index is 11.7. The lowest BCUT2D eigenvalue weighted by Gasteiger charge is -2.21. The second-order valence-electron chi connectivity index (χ2n) is 5.56. The zero-order chi connectivity index (χ0) is 15.3. The van der Waals surface area contributed by atoms with Crippen LogP contribution in [0.4, 0.5) is 0 Å². The fraction of sp³-hybridized carbons (Fsp3) is 0.500. The Morgan fingerprint density at radius 1 is 1.24 bits per heavy atom. The molecule has 0 amide bonds. The fourth-order valence-corrected chi connectivity index (χ4v) is 3.29. The van der Waals surface area contributed by atoms with Crippen molar-refractivity contribution in [3.05, 3.63) is 42.0 Å². The predicted octanol–water partition coefficient (Wildman–Crippen LogP) is 2.60. The Bertz CT molecular complexity index is 579. The zero-order valence-corrected chi connectivity index (χ0v) is 13.5. The van der Waals surface area contributed by atoms with Crippen molar-refractivity contribution in [2.45, 2.75) is 37.1 Å². The Morgan fingerprint density at radius 3 is 2.52 bits per heavy atom. The second kappa shape index (κ2) is 7.20. The lowest BCUT2D eigenvalue weighted by Crippen LogP contribution is -2.26. The average Bonchev–Trinajstić information content (AvgIpc) is 2.53. The summed E-state index contributed by atoms with van der Waals surface area (Å²) in [6.45, 7) is 3.11. The van der Waals surface area contributed by atoms with Crippen molar-refractivity contribution in [1.82, 2.24) is 10.0 Å². The molecule has 0 spiro atoms. The minimum Gasteiger partial charge on any atom is -0.310 e. The third kappa shape index (κ3) is 4.40. The molecule has 1 aromatic carbocycles. The molecular formula is C16H24N2O2S. The van der Waals surface area contributed by atoms with Gasteiger partial charge in [-0.1, -0.05) is 24.3 Å². The van der Waals surface area contributed by atoms with Gasteiger partial charge in [-0.05, 0) is 63.4 Å². The molecular weight excluding hydrogens is 284 g/mol. The molecule has 0 aliphatic heterocycles. The molecule has 0 radical (unpaired) electrons. The number of nitrogens with one attached hydrogen (secondary N) is 2. The van der Waals surface area contributed by atoms with Crippen molar-refractivity contribution in [2.24, 2.45) is 5.92 Å². The average molecular weight is 308 g/mol. The van der Waals surface area contributed by atoms with Crippen molar-refractivity contribution in [3.63, 3.8) is 0 Å². The van der Waals surface area contributed by atoms with Crippen LogP contribution in [0.1, 0.15) is 37.8 Å². The molecule has 2 unspecified atom stereocenters. The first-order valence-corrected chi connectivity index (χ1v) is 8.93. The summed E-state index contributed by atoms with van der Waals surface area (Å²) < 4.78 is 25.7. The van der Waals surface area contributed by atoms with Gasteiger partial charge < -0.3 is 5.32 Å². The Kier molecular flexibility index (Phi) is 5.56. The van der Waals surface area contributed by atoms with Gasteiger partial charge in [-0.3, -0.25) is 0 Å². The SMILES string of the molecule is CNS(=O)(=O)c1ccc(C(C)NCC2CC=CCC2)cc1. The van der Waals surface area contributed by atoms with Crippen molar-refractivity contribution in [3.8, 4) is 0 Å². The highest BCUT2D eigenvalue weighted by atomic mass is 32.2. The van der Waals surface area contributed by atoms with Crippen molar-refractivity contribution in [1.29, 1.82) is 0 Å². The largest absolute Gasteiger partial charge is 0.310 e. The maximum atomic E-state index is 11.7. The van der Waals surface area contributed by atoms with Crippen LogP contribution in [0.2, 0.25) is 0 Å². The van der Waals surface area contributed by atoms with Crippen LogP contribution in [0.15, 0.2) is 41.3 Å². The molecule has 21 heavy (non-hydrogen) atoms. The summed E-state index contributed by atoms with van der Waals surface area (Å²) in [5.74, 6) is 0.710. The Morgan fingerprint density at radius 2 is 1.95 bits per heavy atom. The van der Waals surface area contributed by atoms with E-state index in [1.165, 1.54) is 19.9 Å². The summed E-state index contributed by atoms with van der Waals surface area (Å²) in [6, 6.07) is 7.29. The summed E-state index contributed by atoms with van der Waals surface area (Å²) in [7, 11) is -1.93. The predicted molar refractivity (Wildman–Crippen MR) is 85.6 cm³/mol. The molecule has 0 bridgehead atoms. The van der Waals surface area contributed by atoms with E-state index in [1.807, 2.05) is 12.1 Å². The van der Waals surface area contributed by atoms with Gasteiger partial charge >= 0.3 is 0 Å². The summed E-state index contributed by atoms with van der Waals surface area (Å²) in [4.78, 5) is 0.304. The minimum absolute atomic E-state index is 0.224. The van der Waals surface area contributed by atoms with E-state index in [4.69, 9.17) is 0 Å². The highest BCUT2D eigenvalue weighted by Crippen LogP contribution is 2.20. The summed E-state index contributed by atoms with van der Waals surface area (Å²) in [5, 5.41) is 3.54. The second-order valence-corrected chi connectivity index (χ2v) is 7.44. The summed E-state index contributed by atoms with van der Waals surface area (Å²) in [6.07, 6.45) is 8.09. The Hall–Kier alpha value is -1.17. The van der Waals surface area contributed by atoms with Gasteiger partial charge in [-0.15, -0.1) is 0 Å². The van der Waals surface area contributed by atoms with E-state index >= 15 is 0 Å². The maximum Gasteiger partial charge on any atom is 0.240 e. The molecule has 0 saturated heterocycles. The molecule has 1 aliphatic carbocycles. The molecule has 2 atom stereocenters. The molecule has 0 aromatic heterocycles. The molecule has 2 N–H and O–H groups in total. The van der Waals surface area contributed by atoms with Crippen molar-refractivity contribution < 1.29 is 8.42 Å². The number of sulfonamides is 1.